The Hall–Kier alpha value is -3.19. The minimum atomic E-state index is -0.732. The average Bonchev–Trinajstić information content (AvgIpc) is 3.49. The lowest BCUT2D eigenvalue weighted by atomic mass is 9.94. The summed E-state index contributed by atoms with van der Waals surface area (Å²) in [5.74, 6) is -0.365. The van der Waals surface area contributed by atoms with Crippen LogP contribution in [-0.4, -0.2) is 48.6 Å². The van der Waals surface area contributed by atoms with Crippen molar-refractivity contribution >= 4 is 29.1 Å². The molecule has 1 amide bonds. The van der Waals surface area contributed by atoms with Crippen molar-refractivity contribution < 1.29 is 28.9 Å². The topological polar surface area (TPSA) is 85.3 Å². The van der Waals surface area contributed by atoms with Gasteiger partial charge in [0, 0.05) is 12.1 Å². The van der Waals surface area contributed by atoms with Crippen LogP contribution in [0.1, 0.15) is 56.2 Å². The van der Waals surface area contributed by atoms with Gasteiger partial charge in [-0.2, -0.15) is 0 Å². The van der Waals surface area contributed by atoms with Crippen LogP contribution in [0.5, 0.6) is 17.2 Å². The highest BCUT2D eigenvalue weighted by molar-refractivity contribution is 6.46. The highest BCUT2D eigenvalue weighted by Crippen LogP contribution is 2.45. The van der Waals surface area contributed by atoms with Crippen molar-refractivity contribution in [2.75, 3.05) is 20.8 Å². The molecule has 186 valence electrons. The van der Waals surface area contributed by atoms with Crippen molar-refractivity contribution in [3.8, 4) is 17.2 Å². The van der Waals surface area contributed by atoms with Crippen molar-refractivity contribution in [2.24, 2.45) is 0 Å². The maximum Gasteiger partial charge on any atom is 0.295 e. The molecule has 0 aromatic heterocycles. The number of carbonyl (C=O) groups excluding carboxylic acids is 2. The van der Waals surface area contributed by atoms with Gasteiger partial charge in [0.05, 0.1) is 43.0 Å². The van der Waals surface area contributed by atoms with Crippen molar-refractivity contribution in [1.82, 2.24) is 4.90 Å². The molecule has 1 atom stereocenters. The summed E-state index contributed by atoms with van der Waals surface area (Å²) in [7, 11) is 2.90. The van der Waals surface area contributed by atoms with Crippen molar-refractivity contribution in [3.05, 3.63) is 58.1 Å². The smallest absolute Gasteiger partial charge is 0.295 e. The van der Waals surface area contributed by atoms with E-state index in [-0.39, 0.29) is 28.7 Å². The lowest BCUT2D eigenvalue weighted by Gasteiger charge is -2.31. The third-order valence-electron chi connectivity index (χ3n) is 6.60. The number of ether oxygens (including phenoxy) is 3. The molecule has 0 spiro atoms. The SMILES string of the molecule is CCCOc1ccc(C2/C(=C(\O)c3cc(OC)c(Cl)cc3OC)C(=O)C(=O)N2C2CCCC2)cc1. The number of nitrogens with zero attached hydrogens (tertiary/aromatic N) is 1. The molecular formula is C27H30ClNO6. The lowest BCUT2D eigenvalue weighted by Crippen LogP contribution is -2.37. The Labute approximate surface area is 210 Å². The van der Waals surface area contributed by atoms with E-state index < -0.39 is 17.7 Å². The Morgan fingerprint density at radius 2 is 1.71 bits per heavy atom. The van der Waals surface area contributed by atoms with Gasteiger partial charge in [-0.25, -0.2) is 0 Å². The molecule has 1 aliphatic heterocycles. The minimum Gasteiger partial charge on any atom is -0.507 e. The van der Waals surface area contributed by atoms with Gasteiger partial charge in [-0.3, -0.25) is 9.59 Å². The van der Waals surface area contributed by atoms with Gasteiger partial charge in [0.15, 0.2) is 0 Å². The molecule has 4 rings (SSSR count). The average molecular weight is 500 g/mol. The number of benzene rings is 2. The first-order valence-electron chi connectivity index (χ1n) is 11.9. The summed E-state index contributed by atoms with van der Waals surface area (Å²) < 4.78 is 16.4. The third kappa shape index (κ3) is 4.69. The molecule has 2 fully saturated rings. The Kier molecular flexibility index (Phi) is 7.55. The second-order valence-corrected chi connectivity index (χ2v) is 9.16. The fourth-order valence-corrected chi connectivity index (χ4v) is 5.12. The van der Waals surface area contributed by atoms with Crippen LogP contribution in [0.25, 0.3) is 5.76 Å². The fourth-order valence-electron chi connectivity index (χ4n) is 4.89. The predicted octanol–water partition coefficient (Wildman–Crippen LogP) is 5.51. The summed E-state index contributed by atoms with van der Waals surface area (Å²) in [5.41, 5.74) is 0.972. The second kappa shape index (κ2) is 10.6. The van der Waals surface area contributed by atoms with E-state index in [1.807, 2.05) is 31.2 Å². The Morgan fingerprint density at radius 1 is 1.06 bits per heavy atom. The Balaban J connectivity index is 1.87. The summed E-state index contributed by atoms with van der Waals surface area (Å²) >= 11 is 6.24. The van der Waals surface area contributed by atoms with E-state index in [4.69, 9.17) is 25.8 Å². The molecular weight excluding hydrogens is 470 g/mol. The Morgan fingerprint density at radius 3 is 2.31 bits per heavy atom. The molecule has 1 aliphatic carbocycles. The summed E-state index contributed by atoms with van der Waals surface area (Å²) in [6, 6.07) is 9.56. The van der Waals surface area contributed by atoms with Gasteiger partial charge in [0.2, 0.25) is 0 Å². The van der Waals surface area contributed by atoms with E-state index in [0.717, 1.165) is 37.7 Å². The first-order chi connectivity index (χ1) is 16.9. The number of methoxy groups -OCH3 is 2. The zero-order valence-corrected chi connectivity index (χ0v) is 20.9. The molecule has 1 saturated carbocycles. The quantitative estimate of drug-likeness (QED) is 0.293. The van der Waals surface area contributed by atoms with Gasteiger partial charge in [-0.05, 0) is 43.0 Å². The number of Topliss-reactive ketones (excluding diaryl/α,β-unsaturated/α-hetero) is 1. The first-order valence-corrected chi connectivity index (χ1v) is 12.2. The molecule has 2 aromatic rings. The summed E-state index contributed by atoms with van der Waals surface area (Å²) in [6.07, 6.45) is 4.51. The van der Waals surface area contributed by atoms with Gasteiger partial charge in [0.1, 0.15) is 23.0 Å². The van der Waals surface area contributed by atoms with Crippen LogP contribution in [0.3, 0.4) is 0 Å². The number of aliphatic hydroxyl groups is 1. The molecule has 2 aliphatic rings. The highest BCUT2D eigenvalue weighted by atomic mass is 35.5. The van der Waals surface area contributed by atoms with E-state index in [0.29, 0.717) is 23.1 Å². The number of hydrogen-bond acceptors (Lipinski definition) is 6. The number of amides is 1. The van der Waals surface area contributed by atoms with Gasteiger partial charge in [-0.1, -0.05) is 43.5 Å². The van der Waals surface area contributed by atoms with Crippen LogP contribution >= 0.6 is 11.6 Å². The number of hydrogen-bond donors (Lipinski definition) is 1. The maximum atomic E-state index is 13.4. The molecule has 0 radical (unpaired) electrons. The molecule has 2 aromatic carbocycles. The standard InChI is InChI=1S/C27H30ClNO6/c1-4-13-35-18-11-9-16(10-12-18)24-23(26(31)27(32)29(24)17-7-5-6-8-17)25(30)19-14-22(34-3)20(28)15-21(19)33-2/h9-12,14-15,17,24,30H,4-8,13H2,1-3H3/b25-23+. The molecule has 35 heavy (non-hydrogen) atoms. The van der Waals surface area contributed by atoms with Crippen LogP contribution in [0.15, 0.2) is 42.0 Å². The van der Waals surface area contributed by atoms with Gasteiger partial charge < -0.3 is 24.2 Å². The minimum absolute atomic E-state index is 0.0202. The zero-order chi connectivity index (χ0) is 25.1. The van der Waals surface area contributed by atoms with Crippen molar-refractivity contribution in [1.29, 1.82) is 0 Å². The molecule has 8 heteroatoms. The van der Waals surface area contributed by atoms with Gasteiger partial charge >= 0.3 is 0 Å². The van der Waals surface area contributed by atoms with Gasteiger partial charge in [0.25, 0.3) is 11.7 Å². The summed E-state index contributed by atoms with van der Waals surface area (Å²) in [4.78, 5) is 28.3. The number of aliphatic hydroxyl groups excluding tert-OH is 1. The number of carbonyl (C=O) groups is 2. The van der Waals surface area contributed by atoms with Crippen LogP contribution in [-0.2, 0) is 9.59 Å². The van der Waals surface area contributed by atoms with Crippen molar-refractivity contribution in [3.63, 3.8) is 0 Å². The monoisotopic (exact) mass is 499 g/mol. The normalized spacial score (nSPS) is 19.9. The summed E-state index contributed by atoms with van der Waals surface area (Å²) in [6.45, 7) is 2.63. The maximum absolute atomic E-state index is 13.4. The second-order valence-electron chi connectivity index (χ2n) is 8.75. The largest absolute Gasteiger partial charge is 0.507 e. The van der Waals surface area contributed by atoms with Crippen LogP contribution in [0, 0.1) is 0 Å². The van der Waals surface area contributed by atoms with Crippen LogP contribution in [0.4, 0.5) is 0 Å². The van der Waals surface area contributed by atoms with Gasteiger partial charge in [-0.15, -0.1) is 0 Å². The van der Waals surface area contributed by atoms with E-state index >= 15 is 0 Å². The molecule has 1 saturated heterocycles. The van der Waals surface area contributed by atoms with E-state index in [2.05, 4.69) is 0 Å². The molecule has 0 bridgehead atoms. The third-order valence-corrected chi connectivity index (χ3v) is 6.89. The molecule has 1 heterocycles. The molecule has 1 unspecified atom stereocenters. The zero-order valence-electron chi connectivity index (χ0n) is 20.2. The van der Waals surface area contributed by atoms with Crippen LogP contribution in [0.2, 0.25) is 5.02 Å². The van der Waals surface area contributed by atoms with Crippen molar-refractivity contribution in [2.45, 2.75) is 51.1 Å². The molecule has 1 N–H and O–H groups in total. The van der Waals surface area contributed by atoms with E-state index in [1.54, 1.807) is 4.90 Å². The van der Waals surface area contributed by atoms with E-state index in [1.165, 1.54) is 26.4 Å². The number of likely N-dealkylation sites (tertiary alicyclic amines) is 1. The van der Waals surface area contributed by atoms with E-state index in [9.17, 15) is 14.7 Å². The fraction of sp³-hybridized carbons (Fsp3) is 0.407. The summed E-state index contributed by atoms with van der Waals surface area (Å²) in [5, 5.41) is 11.8. The first kappa shape index (κ1) is 24.9. The number of halogens is 1. The van der Waals surface area contributed by atoms with Crippen LogP contribution < -0.4 is 14.2 Å². The number of ketones is 1. The highest BCUT2D eigenvalue weighted by Gasteiger charge is 2.49. The molecule has 7 nitrogen and oxygen atoms in total. The number of rotatable bonds is 8. The predicted molar refractivity (Wildman–Crippen MR) is 133 cm³/mol. The lowest BCUT2D eigenvalue weighted by molar-refractivity contribution is -0.141. The Bertz CT molecular complexity index is 1140.